The van der Waals surface area contributed by atoms with Gasteiger partial charge >= 0.3 is 0 Å². The number of hydrogen-bond donors (Lipinski definition) is 1. The Morgan fingerprint density at radius 3 is 2.87 bits per heavy atom. The van der Waals surface area contributed by atoms with Crippen LogP contribution in [0.5, 0.6) is 11.6 Å². The van der Waals surface area contributed by atoms with E-state index in [0.717, 1.165) is 25.3 Å². The second-order valence-electron chi connectivity index (χ2n) is 3.66. The van der Waals surface area contributed by atoms with Gasteiger partial charge in [0.2, 0.25) is 5.88 Å². The summed E-state index contributed by atoms with van der Waals surface area (Å²) in [6, 6.07) is 1.84. The SMILES string of the molecule is COc1cc(OC)c(C2CCNC2)cn1. The normalized spacial score (nSPS) is 20.3. The van der Waals surface area contributed by atoms with Crippen molar-refractivity contribution in [2.45, 2.75) is 12.3 Å². The molecule has 1 aliphatic heterocycles. The second-order valence-corrected chi connectivity index (χ2v) is 3.66. The van der Waals surface area contributed by atoms with Crippen molar-refractivity contribution in [2.24, 2.45) is 0 Å². The van der Waals surface area contributed by atoms with Crippen molar-refractivity contribution in [1.29, 1.82) is 0 Å². The molecule has 0 radical (unpaired) electrons. The van der Waals surface area contributed by atoms with Gasteiger partial charge in [-0.25, -0.2) is 4.98 Å². The van der Waals surface area contributed by atoms with E-state index in [2.05, 4.69) is 10.3 Å². The van der Waals surface area contributed by atoms with Gasteiger partial charge in [-0.2, -0.15) is 0 Å². The molecule has 1 fully saturated rings. The van der Waals surface area contributed by atoms with Gasteiger partial charge in [-0.3, -0.25) is 0 Å². The Kier molecular flexibility index (Phi) is 3.06. The molecule has 1 aromatic rings. The maximum absolute atomic E-state index is 5.35. The third-order valence-corrected chi connectivity index (χ3v) is 2.80. The van der Waals surface area contributed by atoms with E-state index in [1.165, 1.54) is 5.56 Å². The first-order chi connectivity index (χ1) is 7.35. The molecule has 82 valence electrons. The maximum Gasteiger partial charge on any atom is 0.216 e. The fourth-order valence-corrected chi connectivity index (χ4v) is 1.94. The number of rotatable bonds is 3. The van der Waals surface area contributed by atoms with Gasteiger partial charge in [0.25, 0.3) is 0 Å². The lowest BCUT2D eigenvalue weighted by molar-refractivity contribution is 0.377. The average molecular weight is 208 g/mol. The lowest BCUT2D eigenvalue weighted by Gasteiger charge is -2.13. The molecular formula is C11H16N2O2. The highest BCUT2D eigenvalue weighted by molar-refractivity contribution is 5.38. The van der Waals surface area contributed by atoms with Gasteiger partial charge in [0.15, 0.2) is 0 Å². The largest absolute Gasteiger partial charge is 0.496 e. The molecule has 0 saturated carbocycles. The Hall–Kier alpha value is -1.29. The third-order valence-electron chi connectivity index (χ3n) is 2.80. The fraction of sp³-hybridized carbons (Fsp3) is 0.545. The van der Waals surface area contributed by atoms with Crippen LogP contribution in [0.4, 0.5) is 0 Å². The van der Waals surface area contributed by atoms with Gasteiger partial charge in [-0.15, -0.1) is 0 Å². The number of aromatic nitrogens is 1. The quantitative estimate of drug-likeness (QED) is 0.810. The first kappa shape index (κ1) is 10.2. The van der Waals surface area contributed by atoms with E-state index in [1.54, 1.807) is 14.2 Å². The second kappa shape index (κ2) is 4.49. The average Bonchev–Trinajstić information content (AvgIpc) is 2.81. The lowest BCUT2D eigenvalue weighted by atomic mass is 9.99. The number of nitrogens with zero attached hydrogens (tertiary/aromatic N) is 1. The summed E-state index contributed by atoms with van der Waals surface area (Å²) in [5.74, 6) is 1.98. The molecule has 0 aromatic carbocycles. The monoisotopic (exact) mass is 208 g/mol. The number of hydrogen-bond acceptors (Lipinski definition) is 4. The summed E-state index contributed by atoms with van der Waals surface area (Å²) in [5.41, 5.74) is 1.17. The van der Waals surface area contributed by atoms with E-state index < -0.39 is 0 Å². The lowest BCUT2D eigenvalue weighted by Crippen LogP contribution is -2.09. The smallest absolute Gasteiger partial charge is 0.216 e. The van der Waals surface area contributed by atoms with Crippen LogP contribution in [-0.2, 0) is 0 Å². The molecular weight excluding hydrogens is 192 g/mol. The highest BCUT2D eigenvalue weighted by atomic mass is 16.5. The highest BCUT2D eigenvalue weighted by Crippen LogP contribution is 2.31. The topological polar surface area (TPSA) is 43.4 Å². The molecule has 1 aliphatic rings. The molecule has 4 heteroatoms. The summed E-state index contributed by atoms with van der Waals surface area (Å²) in [4.78, 5) is 4.22. The van der Waals surface area contributed by atoms with Crippen molar-refractivity contribution in [3.05, 3.63) is 17.8 Å². The number of methoxy groups -OCH3 is 2. The van der Waals surface area contributed by atoms with Crippen LogP contribution in [0.1, 0.15) is 17.9 Å². The van der Waals surface area contributed by atoms with Gasteiger partial charge in [0.05, 0.1) is 14.2 Å². The number of nitrogens with one attached hydrogen (secondary N) is 1. The molecule has 0 aliphatic carbocycles. The molecule has 0 bridgehead atoms. The molecule has 0 amide bonds. The van der Waals surface area contributed by atoms with E-state index in [0.29, 0.717) is 11.8 Å². The fourth-order valence-electron chi connectivity index (χ4n) is 1.94. The van der Waals surface area contributed by atoms with Crippen LogP contribution >= 0.6 is 0 Å². The molecule has 2 heterocycles. The van der Waals surface area contributed by atoms with Crippen molar-refractivity contribution in [2.75, 3.05) is 27.3 Å². The maximum atomic E-state index is 5.35. The van der Waals surface area contributed by atoms with Crippen molar-refractivity contribution < 1.29 is 9.47 Å². The summed E-state index contributed by atoms with van der Waals surface area (Å²) in [6.45, 7) is 2.07. The van der Waals surface area contributed by atoms with Gasteiger partial charge in [0, 0.05) is 30.3 Å². The van der Waals surface area contributed by atoms with E-state index >= 15 is 0 Å². The molecule has 2 rings (SSSR count). The summed E-state index contributed by atoms with van der Waals surface area (Å²) in [7, 11) is 3.29. The van der Waals surface area contributed by atoms with Crippen LogP contribution in [0.3, 0.4) is 0 Å². The van der Waals surface area contributed by atoms with E-state index in [9.17, 15) is 0 Å². The minimum atomic E-state index is 0.512. The Morgan fingerprint density at radius 1 is 1.40 bits per heavy atom. The van der Waals surface area contributed by atoms with Crippen LogP contribution in [0.15, 0.2) is 12.3 Å². The molecule has 1 N–H and O–H groups in total. The summed E-state index contributed by atoms with van der Waals surface area (Å²) in [5, 5.41) is 3.34. The van der Waals surface area contributed by atoms with Crippen LogP contribution in [-0.4, -0.2) is 32.3 Å². The van der Waals surface area contributed by atoms with Gasteiger partial charge < -0.3 is 14.8 Å². The Balaban J connectivity index is 2.29. The van der Waals surface area contributed by atoms with Crippen LogP contribution in [0.25, 0.3) is 0 Å². The van der Waals surface area contributed by atoms with Crippen molar-refractivity contribution in [3.63, 3.8) is 0 Å². The Bertz CT molecular complexity index is 335. The van der Waals surface area contributed by atoms with Crippen molar-refractivity contribution >= 4 is 0 Å². The highest BCUT2D eigenvalue weighted by Gasteiger charge is 2.20. The molecule has 1 atom stereocenters. The zero-order valence-electron chi connectivity index (χ0n) is 9.12. The summed E-state index contributed by atoms with van der Waals surface area (Å²) in [6.07, 6.45) is 3.00. The zero-order valence-corrected chi connectivity index (χ0v) is 9.12. The van der Waals surface area contributed by atoms with Gasteiger partial charge in [0.1, 0.15) is 5.75 Å². The van der Waals surface area contributed by atoms with Crippen molar-refractivity contribution in [1.82, 2.24) is 10.3 Å². The zero-order chi connectivity index (χ0) is 10.7. The third kappa shape index (κ3) is 2.04. The number of ether oxygens (including phenoxy) is 2. The molecule has 1 unspecified atom stereocenters. The van der Waals surface area contributed by atoms with Crippen LogP contribution in [0.2, 0.25) is 0 Å². The summed E-state index contributed by atoms with van der Waals surface area (Å²) < 4.78 is 10.4. The van der Waals surface area contributed by atoms with E-state index in [-0.39, 0.29) is 0 Å². The van der Waals surface area contributed by atoms with Crippen LogP contribution in [0, 0.1) is 0 Å². The van der Waals surface area contributed by atoms with E-state index in [1.807, 2.05) is 12.3 Å². The molecule has 0 spiro atoms. The minimum Gasteiger partial charge on any atom is -0.496 e. The predicted octanol–water partition coefficient (Wildman–Crippen LogP) is 1.18. The Labute approximate surface area is 89.6 Å². The molecule has 1 aromatic heterocycles. The van der Waals surface area contributed by atoms with Gasteiger partial charge in [-0.05, 0) is 13.0 Å². The molecule has 1 saturated heterocycles. The first-order valence-corrected chi connectivity index (χ1v) is 5.13. The van der Waals surface area contributed by atoms with Gasteiger partial charge in [-0.1, -0.05) is 0 Å². The number of pyridine rings is 1. The Morgan fingerprint density at radius 2 is 2.27 bits per heavy atom. The van der Waals surface area contributed by atoms with Crippen LogP contribution < -0.4 is 14.8 Å². The van der Waals surface area contributed by atoms with Crippen molar-refractivity contribution in [3.8, 4) is 11.6 Å². The van der Waals surface area contributed by atoms with E-state index in [4.69, 9.17) is 9.47 Å². The molecule has 15 heavy (non-hydrogen) atoms. The predicted molar refractivity (Wildman–Crippen MR) is 57.6 cm³/mol. The first-order valence-electron chi connectivity index (χ1n) is 5.13. The summed E-state index contributed by atoms with van der Waals surface area (Å²) >= 11 is 0. The standard InChI is InChI=1S/C11H16N2O2/c1-14-10-5-11(15-2)13-7-9(10)8-3-4-12-6-8/h5,7-8,12H,3-4,6H2,1-2H3. The molecule has 4 nitrogen and oxygen atoms in total. The minimum absolute atomic E-state index is 0.512.